The summed E-state index contributed by atoms with van der Waals surface area (Å²) in [5.41, 5.74) is 4.47. The Hall–Kier alpha value is -3.47. The predicted octanol–water partition coefficient (Wildman–Crippen LogP) is 3.50. The van der Waals surface area contributed by atoms with Crippen molar-refractivity contribution in [2.24, 2.45) is 0 Å². The molecular weight excluding hydrogens is 312 g/mol. The molecule has 0 radical (unpaired) electrons. The number of fused-ring (bicyclic) bond motifs is 5. The minimum absolute atomic E-state index is 0.0843. The van der Waals surface area contributed by atoms with Gasteiger partial charge in [-0.05, 0) is 36.8 Å². The highest BCUT2D eigenvalue weighted by atomic mass is 16.1. The second-order valence-corrected chi connectivity index (χ2v) is 6.07. The summed E-state index contributed by atoms with van der Waals surface area (Å²) in [6, 6.07) is 17.6. The Morgan fingerprint density at radius 2 is 1.72 bits per heavy atom. The van der Waals surface area contributed by atoms with E-state index >= 15 is 0 Å². The summed E-state index contributed by atoms with van der Waals surface area (Å²) in [5, 5.41) is 0.571. The van der Waals surface area contributed by atoms with E-state index in [1.807, 2.05) is 72.1 Å². The number of pyridine rings is 1. The molecule has 0 aliphatic carbocycles. The molecule has 0 aliphatic heterocycles. The molecule has 0 spiro atoms. The Bertz CT molecular complexity index is 1330. The SMILES string of the molecule is Cc1ccccc1-n1ccc2c(cnc3nc4ccccc4n32)c1=O. The van der Waals surface area contributed by atoms with Gasteiger partial charge in [0.1, 0.15) is 0 Å². The van der Waals surface area contributed by atoms with Crippen LogP contribution in [-0.2, 0) is 0 Å². The Balaban J connectivity index is 1.91. The summed E-state index contributed by atoms with van der Waals surface area (Å²) < 4.78 is 3.61. The van der Waals surface area contributed by atoms with Crippen molar-refractivity contribution in [1.29, 1.82) is 0 Å². The Morgan fingerprint density at radius 1 is 0.920 bits per heavy atom. The maximum atomic E-state index is 13.1. The highest BCUT2D eigenvalue weighted by molar-refractivity contribution is 5.88. The van der Waals surface area contributed by atoms with E-state index in [4.69, 9.17) is 0 Å². The van der Waals surface area contributed by atoms with E-state index in [1.54, 1.807) is 10.8 Å². The van der Waals surface area contributed by atoms with Gasteiger partial charge in [-0.1, -0.05) is 30.3 Å². The number of rotatable bonds is 1. The molecule has 0 saturated heterocycles. The zero-order valence-corrected chi connectivity index (χ0v) is 13.5. The van der Waals surface area contributed by atoms with E-state index in [0.717, 1.165) is 27.8 Å². The van der Waals surface area contributed by atoms with E-state index in [2.05, 4.69) is 9.97 Å². The zero-order chi connectivity index (χ0) is 17.0. The number of para-hydroxylation sites is 3. The maximum Gasteiger partial charge on any atom is 0.266 e. The lowest BCUT2D eigenvalue weighted by atomic mass is 10.2. The molecule has 0 unspecified atom stereocenters. The summed E-state index contributed by atoms with van der Waals surface area (Å²) in [7, 11) is 0. The van der Waals surface area contributed by atoms with Crippen molar-refractivity contribution in [2.75, 3.05) is 0 Å². The third-order valence-electron chi connectivity index (χ3n) is 4.57. The lowest BCUT2D eigenvalue weighted by Gasteiger charge is -2.10. The summed E-state index contributed by atoms with van der Waals surface area (Å²) in [5.74, 6) is 0.599. The van der Waals surface area contributed by atoms with Crippen molar-refractivity contribution in [3.8, 4) is 5.69 Å². The molecule has 3 aromatic heterocycles. The molecule has 0 saturated carbocycles. The first kappa shape index (κ1) is 13.9. The number of aromatic nitrogens is 4. The number of hydrogen-bond acceptors (Lipinski definition) is 3. The third-order valence-corrected chi connectivity index (χ3v) is 4.57. The largest absolute Gasteiger partial charge is 0.283 e. The Morgan fingerprint density at radius 3 is 2.60 bits per heavy atom. The van der Waals surface area contributed by atoms with E-state index in [0.29, 0.717) is 11.2 Å². The molecule has 5 rings (SSSR count). The van der Waals surface area contributed by atoms with E-state index in [9.17, 15) is 4.79 Å². The Labute approximate surface area is 142 Å². The topological polar surface area (TPSA) is 52.2 Å². The predicted molar refractivity (Wildman–Crippen MR) is 98.3 cm³/mol. The first-order valence-electron chi connectivity index (χ1n) is 8.07. The molecular formula is C20H14N4O. The van der Waals surface area contributed by atoms with Crippen LogP contribution in [0.3, 0.4) is 0 Å². The van der Waals surface area contributed by atoms with Gasteiger partial charge >= 0.3 is 0 Å². The summed E-state index contributed by atoms with van der Waals surface area (Å²) >= 11 is 0. The molecule has 0 aliphatic rings. The molecule has 5 aromatic rings. The van der Waals surface area contributed by atoms with Crippen molar-refractivity contribution in [2.45, 2.75) is 6.92 Å². The molecule has 0 atom stereocenters. The highest BCUT2D eigenvalue weighted by Crippen LogP contribution is 2.21. The molecule has 2 aromatic carbocycles. The van der Waals surface area contributed by atoms with Crippen LogP contribution in [0.1, 0.15) is 5.56 Å². The van der Waals surface area contributed by atoms with Crippen molar-refractivity contribution in [3.63, 3.8) is 0 Å². The molecule has 0 N–H and O–H groups in total. The van der Waals surface area contributed by atoms with Gasteiger partial charge in [0.15, 0.2) is 0 Å². The van der Waals surface area contributed by atoms with Gasteiger partial charge in [-0.3, -0.25) is 13.8 Å². The Kier molecular flexibility index (Phi) is 2.79. The smallest absolute Gasteiger partial charge is 0.266 e. The zero-order valence-electron chi connectivity index (χ0n) is 13.5. The lowest BCUT2D eigenvalue weighted by Crippen LogP contribution is -2.19. The van der Waals surface area contributed by atoms with Crippen LogP contribution in [0.4, 0.5) is 0 Å². The van der Waals surface area contributed by atoms with Crippen molar-refractivity contribution in [1.82, 2.24) is 18.9 Å². The molecule has 0 bridgehead atoms. The number of imidazole rings is 1. The van der Waals surface area contributed by atoms with Crippen LogP contribution in [0.15, 0.2) is 71.8 Å². The maximum absolute atomic E-state index is 13.1. The van der Waals surface area contributed by atoms with Crippen molar-refractivity contribution < 1.29 is 0 Å². The number of nitrogens with zero attached hydrogens (tertiary/aromatic N) is 4. The van der Waals surface area contributed by atoms with Gasteiger partial charge < -0.3 is 0 Å². The summed E-state index contributed by atoms with van der Waals surface area (Å²) in [6.07, 6.45) is 3.44. The van der Waals surface area contributed by atoms with Crippen LogP contribution in [0.25, 0.3) is 33.4 Å². The standard InChI is InChI=1S/C20H14N4O/c1-13-6-2-4-8-16(13)23-11-10-17-14(19(23)25)12-21-20-22-15-7-3-5-9-18(15)24(17)20/h2-12H,1H3. The first-order valence-corrected chi connectivity index (χ1v) is 8.07. The van der Waals surface area contributed by atoms with Crippen molar-refractivity contribution in [3.05, 3.63) is 82.9 Å². The number of benzene rings is 2. The number of hydrogen-bond donors (Lipinski definition) is 0. The minimum atomic E-state index is -0.0843. The fourth-order valence-electron chi connectivity index (χ4n) is 3.34. The summed E-state index contributed by atoms with van der Waals surface area (Å²) in [6.45, 7) is 2.00. The van der Waals surface area contributed by atoms with Gasteiger partial charge in [-0.25, -0.2) is 9.97 Å². The van der Waals surface area contributed by atoms with E-state index < -0.39 is 0 Å². The normalized spacial score (nSPS) is 11.6. The van der Waals surface area contributed by atoms with Gasteiger partial charge in [-0.2, -0.15) is 0 Å². The second kappa shape index (κ2) is 5.01. The molecule has 5 nitrogen and oxygen atoms in total. The average molecular weight is 326 g/mol. The minimum Gasteiger partial charge on any atom is -0.283 e. The fraction of sp³-hybridized carbons (Fsp3) is 0.0500. The summed E-state index contributed by atoms with van der Waals surface area (Å²) in [4.78, 5) is 22.0. The van der Waals surface area contributed by atoms with Crippen LogP contribution in [0.5, 0.6) is 0 Å². The van der Waals surface area contributed by atoms with Gasteiger partial charge in [0, 0.05) is 12.4 Å². The molecule has 3 heterocycles. The van der Waals surface area contributed by atoms with Gasteiger partial charge in [0.05, 0.1) is 27.6 Å². The first-order chi connectivity index (χ1) is 12.2. The van der Waals surface area contributed by atoms with Crippen LogP contribution in [0.2, 0.25) is 0 Å². The highest BCUT2D eigenvalue weighted by Gasteiger charge is 2.12. The average Bonchev–Trinajstić information content (AvgIpc) is 3.02. The van der Waals surface area contributed by atoms with Gasteiger partial charge in [-0.15, -0.1) is 0 Å². The van der Waals surface area contributed by atoms with Crippen molar-refractivity contribution >= 4 is 27.7 Å². The van der Waals surface area contributed by atoms with E-state index in [-0.39, 0.29) is 5.56 Å². The van der Waals surface area contributed by atoms with Crippen LogP contribution < -0.4 is 5.56 Å². The molecule has 120 valence electrons. The molecule has 5 heteroatoms. The molecule has 25 heavy (non-hydrogen) atoms. The lowest BCUT2D eigenvalue weighted by molar-refractivity contribution is 0.987. The number of aryl methyl sites for hydroxylation is 1. The quantitative estimate of drug-likeness (QED) is 0.474. The van der Waals surface area contributed by atoms with Crippen LogP contribution in [0, 0.1) is 6.92 Å². The third kappa shape index (κ3) is 1.92. The second-order valence-electron chi connectivity index (χ2n) is 6.07. The van der Waals surface area contributed by atoms with Crippen LogP contribution in [-0.4, -0.2) is 18.9 Å². The van der Waals surface area contributed by atoms with Gasteiger partial charge in [0.25, 0.3) is 5.56 Å². The molecule has 0 fully saturated rings. The fourth-order valence-corrected chi connectivity index (χ4v) is 3.34. The monoisotopic (exact) mass is 326 g/mol. The van der Waals surface area contributed by atoms with Gasteiger partial charge in [0.2, 0.25) is 5.78 Å². The van der Waals surface area contributed by atoms with E-state index in [1.165, 1.54) is 0 Å². The molecule has 0 amide bonds. The van der Waals surface area contributed by atoms with Crippen LogP contribution >= 0.6 is 0 Å².